The number of carbonyl (C=O) groups is 1. The molecule has 32 heavy (non-hydrogen) atoms. The van der Waals surface area contributed by atoms with Crippen molar-refractivity contribution in [2.75, 3.05) is 27.9 Å². The minimum Gasteiger partial charge on any atom is -0.493 e. The van der Waals surface area contributed by atoms with E-state index in [1.807, 2.05) is 19.9 Å². The maximum atomic E-state index is 13.7. The highest BCUT2D eigenvalue weighted by Crippen LogP contribution is 2.45. The first-order valence-electron chi connectivity index (χ1n) is 10.2. The van der Waals surface area contributed by atoms with Gasteiger partial charge < -0.3 is 23.5 Å². The lowest BCUT2D eigenvalue weighted by atomic mass is 9.96. The molecule has 1 atom stereocenters. The molecule has 1 amide bonds. The van der Waals surface area contributed by atoms with Crippen LogP contribution < -0.4 is 19.6 Å². The summed E-state index contributed by atoms with van der Waals surface area (Å²) in [6, 6.07) is 6.51. The predicted molar refractivity (Wildman–Crippen MR) is 121 cm³/mol. The monoisotopic (exact) mass is 435 g/mol. The van der Waals surface area contributed by atoms with Crippen molar-refractivity contribution >= 4 is 16.9 Å². The summed E-state index contributed by atoms with van der Waals surface area (Å²) in [4.78, 5) is 28.6. The molecular weight excluding hydrogens is 410 g/mol. The van der Waals surface area contributed by atoms with Crippen LogP contribution in [0.4, 0.5) is 0 Å². The van der Waals surface area contributed by atoms with E-state index < -0.39 is 6.04 Å². The van der Waals surface area contributed by atoms with Gasteiger partial charge in [0, 0.05) is 6.54 Å². The van der Waals surface area contributed by atoms with Crippen molar-refractivity contribution in [1.82, 2.24) is 4.90 Å². The molecular formula is C25H25NO6. The molecule has 1 aliphatic heterocycles. The van der Waals surface area contributed by atoms with E-state index in [1.54, 1.807) is 29.2 Å². The van der Waals surface area contributed by atoms with Gasteiger partial charge in [-0.25, -0.2) is 0 Å². The van der Waals surface area contributed by atoms with Crippen molar-refractivity contribution in [2.24, 2.45) is 0 Å². The van der Waals surface area contributed by atoms with E-state index in [9.17, 15) is 9.59 Å². The van der Waals surface area contributed by atoms with Crippen LogP contribution in [0.15, 0.2) is 46.1 Å². The predicted octanol–water partition coefficient (Wildman–Crippen LogP) is 4.17. The van der Waals surface area contributed by atoms with Gasteiger partial charge in [0.1, 0.15) is 5.58 Å². The summed E-state index contributed by atoms with van der Waals surface area (Å²) in [5.74, 6) is 0.969. The molecule has 0 fully saturated rings. The third kappa shape index (κ3) is 3.12. The van der Waals surface area contributed by atoms with Crippen LogP contribution in [0, 0.1) is 13.8 Å². The van der Waals surface area contributed by atoms with Gasteiger partial charge in [0.25, 0.3) is 5.91 Å². The molecule has 7 heteroatoms. The van der Waals surface area contributed by atoms with E-state index in [2.05, 4.69) is 6.58 Å². The van der Waals surface area contributed by atoms with Crippen LogP contribution in [0.2, 0.25) is 0 Å². The maximum absolute atomic E-state index is 13.7. The number of carbonyl (C=O) groups excluding carboxylic acids is 1. The van der Waals surface area contributed by atoms with Crippen LogP contribution in [0.1, 0.15) is 38.9 Å². The van der Waals surface area contributed by atoms with Gasteiger partial charge in [-0.3, -0.25) is 9.59 Å². The van der Waals surface area contributed by atoms with Crippen molar-refractivity contribution in [3.05, 3.63) is 75.2 Å². The average molecular weight is 435 g/mol. The molecule has 0 bridgehead atoms. The van der Waals surface area contributed by atoms with Crippen LogP contribution >= 0.6 is 0 Å². The molecule has 166 valence electrons. The van der Waals surface area contributed by atoms with E-state index in [0.29, 0.717) is 39.3 Å². The van der Waals surface area contributed by atoms with Crippen LogP contribution in [0.25, 0.3) is 11.0 Å². The number of aryl methyl sites for hydroxylation is 2. The molecule has 3 aromatic rings. The summed E-state index contributed by atoms with van der Waals surface area (Å²) in [7, 11) is 4.55. The lowest BCUT2D eigenvalue weighted by Crippen LogP contribution is -2.29. The molecule has 0 N–H and O–H groups in total. The molecule has 2 heterocycles. The van der Waals surface area contributed by atoms with Crippen molar-refractivity contribution < 1.29 is 23.4 Å². The van der Waals surface area contributed by atoms with E-state index in [0.717, 1.165) is 11.1 Å². The zero-order chi connectivity index (χ0) is 23.2. The Morgan fingerprint density at radius 3 is 2.25 bits per heavy atom. The lowest BCUT2D eigenvalue weighted by molar-refractivity contribution is 0.0748. The first-order chi connectivity index (χ1) is 15.4. The number of rotatable bonds is 6. The summed E-state index contributed by atoms with van der Waals surface area (Å²) < 4.78 is 22.4. The minimum absolute atomic E-state index is 0.0492. The zero-order valence-corrected chi connectivity index (χ0v) is 18.8. The van der Waals surface area contributed by atoms with E-state index in [-0.39, 0.29) is 23.6 Å². The Bertz CT molecular complexity index is 1280. The van der Waals surface area contributed by atoms with Gasteiger partial charge >= 0.3 is 0 Å². The summed E-state index contributed by atoms with van der Waals surface area (Å²) in [5, 5.41) is 0.472. The summed E-state index contributed by atoms with van der Waals surface area (Å²) in [6.07, 6.45) is 1.62. The molecule has 1 aromatic heterocycles. The van der Waals surface area contributed by atoms with Crippen molar-refractivity contribution in [1.29, 1.82) is 0 Å². The van der Waals surface area contributed by atoms with Crippen LogP contribution in [-0.2, 0) is 0 Å². The Balaban J connectivity index is 2.06. The molecule has 0 saturated heterocycles. The highest BCUT2D eigenvalue weighted by atomic mass is 16.5. The van der Waals surface area contributed by atoms with Crippen LogP contribution in [0.5, 0.6) is 17.2 Å². The zero-order valence-electron chi connectivity index (χ0n) is 18.8. The first kappa shape index (κ1) is 21.5. The molecule has 0 spiro atoms. The topological polar surface area (TPSA) is 78.2 Å². The Hall–Kier alpha value is -3.74. The Morgan fingerprint density at radius 1 is 1.03 bits per heavy atom. The molecule has 0 aliphatic carbocycles. The number of hydrogen-bond donors (Lipinski definition) is 0. The summed E-state index contributed by atoms with van der Waals surface area (Å²) >= 11 is 0. The molecule has 0 saturated carbocycles. The normalized spacial score (nSPS) is 15.1. The fraction of sp³-hybridized carbons (Fsp3) is 0.280. The second kappa shape index (κ2) is 8.07. The number of methoxy groups -OCH3 is 3. The number of amides is 1. The summed E-state index contributed by atoms with van der Waals surface area (Å²) in [5.41, 5.74) is 2.87. The molecule has 4 rings (SSSR count). The van der Waals surface area contributed by atoms with Gasteiger partial charge in [-0.05, 0) is 48.7 Å². The Morgan fingerprint density at radius 2 is 1.69 bits per heavy atom. The largest absolute Gasteiger partial charge is 0.493 e. The van der Waals surface area contributed by atoms with Gasteiger partial charge in [0.15, 0.2) is 16.9 Å². The smallest absolute Gasteiger partial charge is 0.291 e. The van der Waals surface area contributed by atoms with E-state index in [4.69, 9.17) is 18.6 Å². The fourth-order valence-corrected chi connectivity index (χ4v) is 4.45. The second-order valence-electron chi connectivity index (χ2n) is 7.74. The fourth-order valence-electron chi connectivity index (χ4n) is 4.45. The number of benzene rings is 2. The standard InChI is InChI=1S/C25H25NO6/c1-7-8-26-21(15-11-17(29-4)23(31-6)18(12-15)30-5)20-22(27)19-14(3)9-13(2)10-16(19)32-24(20)25(26)28/h7,9-12,21H,1,8H2,2-6H3. The Labute approximate surface area is 185 Å². The third-order valence-corrected chi connectivity index (χ3v) is 5.74. The van der Waals surface area contributed by atoms with Gasteiger partial charge in [-0.2, -0.15) is 0 Å². The van der Waals surface area contributed by atoms with Crippen LogP contribution in [0.3, 0.4) is 0 Å². The highest BCUT2D eigenvalue weighted by molar-refractivity contribution is 5.99. The highest BCUT2D eigenvalue weighted by Gasteiger charge is 2.43. The minimum atomic E-state index is -0.689. The van der Waals surface area contributed by atoms with E-state index in [1.165, 1.54) is 21.3 Å². The van der Waals surface area contributed by atoms with Crippen LogP contribution in [-0.4, -0.2) is 38.7 Å². The quantitative estimate of drug-likeness (QED) is 0.541. The van der Waals surface area contributed by atoms with E-state index >= 15 is 0 Å². The molecule has 7 nitrogen and oxygen atoms in total. The SMILES string of the molecule is C=CCN1C(=O)c2oc3cc(C)cc(C)c3c(=O)c2C1c1cc(OC)c(OC)c(OC)c1. The number of hydrogen-bond acceptors (Lipinski definition) is 6. The van der Waals surface area contributed by atoms with Crippen molar-refractivity contribution in [2.45, 2.75) is 19.9 Å². The number of nitrogens with zero attached hydrogens (tertiary/aromatic N) is 1. The van der Waals surface area contributed by atoms with Gasteiger partial charge in [-0.1, -0.05) is 12.1 Å². The van der Waals surface area contributed by atoms with Gasteiger partial charge in [0.05, 0.1) is 38.3 Å². The summed E-state index contributed by atoms with van der Waals surface area (Å²) in [6.45, 7) is 7.80. The maximum Gasteiger partial charge on any atom is 0.291 e. The molecule has 2 aromatic carbocycles. The molecule has 0 radical (unpaired) electrons. The van der Waals surface area contributed by atoms with Crippen molar-refractivity contribution in [3.8, 4) is 17.2 Å². The number of ether oxygens (including phenoxy) is 3. The number of fused-ring (bicyclic) bond motifs is 2. The van der Waals surface area contributed by atoms with Gasteiger partial charge in [0.2, 0.25) is 11.5 Å². The Kier molecular flexibility index (Phi) is 5.42. The average Bonchev–Trinajstić information content (AvgIpc) is 3.04. The molecule has 1 aliphatic rings. The lowest BCUT2D eigenvalue weighted by Gasteiger charge is -2.25. The third-order valence-electron chi connectivity index (χ3n) is 5.74. The second-order valence-corrected chi connectivity index (χ2v) is 7.74. The van der Waals surface area contributed by atoms with Gasteiger partial charge in [-0.15, -0.1) is 6.58 Å². The molecule has 1 unspecified atom stereocenters. The van der Waals surface area contributed by atoms with Crippen molar-refractivity contribution in [3.63, 3.8) is 0 Å². The first-order valence-corrected chi connectivity index (χ1v) is 10.2.